The first-order chi connectivity index (χ1) is 14.8. The van der Waals surface area contributed by atoms with Gasteiger partial charge in [0.2, 0.25) is 21.5 Å². The highest BCUT2D eigenvalue weighted by Gasteiger charge is 2.98. The average Bonchev–Trinajstić information content (AvgIpc) is 2.71. The van der Waals surface area contributed by atoms with E-state index in [1.807, 2.05) is 0 Å². The lowest BCUT2D eigenvalue weighted by Gasteiger charge is -2.53. The molecule has 2 atom stereocenters. The first kappa shape index (κ1) is 26.2. The predicted molar refractivity (Wildman–Crippen MR) is 118 cm³/mol. The van der Waals surface area contributed by atoms with Crippen molar-refractivity contribution in [2.24, 2.45) is 5.11 Å². The molecule has 0 amide bonds. The van der Waals surface area contributed by atoms with Crippen LogP contribution in [-0.2, 0) is 29.7 Å². The zero-order valence-electron chi connectivity index (χ0n) is 19.1. The van der Waals surface area contributed by atoms with E-state index in [-0.39, 0.29) is 19.0 Å². The lowest BCUT2D eigenvalue weighted by atomic mass is 10.1. The normalized spacial score (nSPS) is 48.3. The maximum absolute atomic E-state index is 12.0. The van der Waals surface area contributed by atoms with Crippen LogP contribution in [0.25, 0.3) is 0 Å². The summed E-state index contributed by atoms with van der Waals surface area (Å²) in [5.74, 6) is 0. The summed E-state index contributed by atoms with van der Waals surface area (Å²) >= 11 is 0. The number of hydrogen-bond acceptors (Lipinski definition) is 14. The van der Waals surface area contributed by atoms with E-state index in [2.05, 4.69) is 10.0 Å². The second kappa shape index (κ2) is 7.12. The van der Waals surface area contributed by atoms with Crippen LogP contribution in [0.2, 0.25) is 32.2 Å². The van der Waals surface area contributed by atoms with E-state index < -0.39 is 68.0 Å². The molecule has 21 heteroatoms. The van der Waals surface area contributed by atoms with Crippen molar-refractivity contribution >= 4 is 52.3 Å². The molecule has 4 aliphatic rings. The Balaban J connectivity index is 2.03. The molecule has 0 aliphatic carbocycles. The van der Waals surface area contributed by atoms with E-state index in [0.29, 0.717) is 0 Å². The van der Waals surface area contributed by atoms with Gasteiger partial charge in [0.25, 0.3) is 0 Å². The van der Waals surface area contributed by atoms with Crippen molar-refractivity contribution < 1.29 is 53.7 Å². The van der Waals surface area contributed by atoms with Gasteiger partial charge < -0.3 is 53.7 Å². The quantitative estimate of drug-likeness (QED) is 0.0935. The SMILES string of the molecule is CC12O[Si](O)(O)O[Si]3(CCCN=[N+]=N)OC14C(C)(O[Si](O)(O)O3)[Si](C)(C)O[Si]4(O)O[Si]2(C)C. The third kappa shape index (κ3) is 3.29. The predicted octanol–water partition coefficient (Wildman–Crippen LogP) is -1.91. The molecule has 6 N–H and O–H groups in total. The molecule has 0 aromatic rings. The lowest BCUT2D eigenvalue weighted by molar-refractivity contribution is -0.120. The molecule has 0 aromatic heterocycles. The number of fused-ring (bicyclic) bond motifs is 1. The fourth-order valence-electron chi connectivity index (χ4n) is 5.45. The molecule has 4 rings (SSSR count). The van der Waals surface area contributed by atoms with E-state index in [4.69, 9.17) is 35.3 Å². The van der Waals surface area contributed by atoms with Crippen molar-refractivity contribution in [2.45, 2.75) is 68.2 Å². The standard InChI is InChI=1S/C12H30N3O12Si6/c1-10-12-11(2,29(5,6)25-31(12,16)24-28(10,3)4)22-33(19,20)27-30(23-12,9-7-8-14-15-13)26-32(17,18)21-10/h13,16-20H,7-9H2,1-6H3/q+1. The molecule has 2 unspecified atom stereocenters. The largest absolute Gasteiger partial charge is 0.667 e. The van der Waals surface area contributed by atoms with Crippen molar-refractivity contribution in [2.75, 3.05) is 6.54 Å². The lowest BCUT2D eigenvalue weighted by Crippen LogP contribution is -2.80. The summed E-state index contributed by atoms with van der Waals surface area (Å²) in [6, 6.07) is -0.188. The Bertz CT molecular complexity index is 869. The van der Waals surface area contributed by atoms with Gasteiger partial charge in [-0.1, -0.05) is 0 Å². The van der Waals surface area contributed by atoms with Crippen molar-refractivity contribution in [3.63, 3.8) is 0 Å². The van der Waals surface area contributed by atoms with E-state index in [0.717, 1.165) is 0 Å². The fraction of sp³-hybridized carbons (Fsp3) is 1.00. The van der Waals surface area contributed by atoms with Gasteiger partial charge in [0.1, 0.15) is 27.6 Å². The average molecular weight is 577 g/mol. The van der Waals surface area contributed by atoms with E-state index >= 15 is 0 Å². The second-order valence-electron chi connectivity index (χ2n) is 9.91. The minimum absolute atomic E-state index is 0.0313. The Morgan fingerprint density at radius 1 is 0.788 bits per heavy atom. The number of nitrogens with zero attached hydrogens (tertiary/aromatic N) is 2. The molecule has 0 aromatic carbocycles. The third-order valence-corrected chi connectivity index (χ3v) is 29.6. The molecule has 0 radical (unpaired) electrons. The first-order valence-electron chi connectivity index (χ1n) is 10.3. The maximum Gasteiger partial charge on any atom is 0.667 e. The van der Waals surface area contributed by atoms with Crippen LogP contribution in [0.3, 0.4) is 0 Å². The highest BCUT2D eigenvalue weighted by molar-refractivity contribution is 6.99. The molecule has 188 valence electrons. The Labute approximate surface area is 196 Å². The fourth-order valence-corrected chi connectivity index (χ4v) is 33.0. The molecule has 1 spiro atoms. The van der Waals surface area contributed by atoms with Crippen LogP contribution >= 0.6 is 0 Å². The van der Waals surface area contributed by atoms with Crippen molar-refractivity contribution in [3.8, 4) is 0 Å². The maximum atomic E-state index is 12.0. The topological polar surface area (TPSA) is 216 Å². The third-order valence-electron chi connectivity index (χ3n) is 7.24. The minimum atomic E-state index is -5.06. The molecule has 2 bridgehead atoms. The molecular weight excluding hydrogens is 547 g/mol. The number of hydrogen-bond donors (Lipinski definition) is 6. The van der Waals surface area contributed by atoms with Gasteiger partial charge in [-0.3, -0.25) is 0 Å². The Morgan fingerprint density at radius 2 is 1.24 bits per heavy atom. The van der Waals surface area contributed by atoms with E-state index in [1.165, 1.54) is 13.8 Å². The Hall–Kier alpha value is 0.131. The highest BCUT2D eigenvalue weighted by atomic mass is 28.5. The molecular formula is C12H30N3O12Si6+. The van der Waals surface area contributed by atoms with Gasteiger partial charge in [-0.05, 0) is 46.5 Å². The zero-order chi connectivity index (χ0) is 25.0. The number of nitrogens with one attached hydrogen (secondary N) is 1. The Morgan fingerprint density at radius 3 is 1.67 bits per heavy atom. The van der Waals surface area contributed by atoms with Crippen LogP contribution < -0.4 is 4.91 Å². The molecule has 4 fully saturated rings. The monoisotopic (exact) mass is 576 g/mol. The van der Waals surface area contributed by atoms with E-state index in [1.54, 1.807) is 26.2 Å². The summed E-state index contributed by atoms with van der Waals surface area (Å²) in [5, 5.41) is -1.82. The van der Waals surface area contributed by atoms with Gasteiger partial charge in [-0.15, -0.1) is 0 Å². The van der Waals surface area contributed by atoms with Gasteiger partial charge in [-0.2, -0.15) is 0 Å². The summed E-state index contributed by atoms with van der Waals surface area (Å²) in [6.07, 6.45) is 0.121. The summed E-state index contributed by atoms with van der Waals surface area (Å²) in [4.78, 5) is 58.5. The summed E-state index contributed by atoms with van der Waals surface area (Å²) < 4.78 is 42.1. The van der Waals surface area contributed by atoms with Crippen LogP contribution in [0.15, 0.2) is 5.11 Å². The van der Waals surface area contributed by atoms with Crippen molar-refractivity contribution in [1.82, 2.24) is 4.91 Å². The highest BCUT2D eigenvalue weighted by Crippen LogP contribution is 2.67. The Kier molecular flexibility index (Phi) is 5.65. The van der Waals surface area contributed by atoms with E-state index in [9.17, 15) is 24.0 Å². The molecule has 4 saturated heterocycles. The van der Waals surface area contributed by atoms with Crippen LogP contribution in [-0.4, -0.2) is 98.5 Å². The summed E-state index contributed by atoms with van der Waals surface area (Å²) in [7, 11) is -25.5. The van der Waals surface area contributed by atoms with Crippen LogP contribution in [0.1, 0.15) is 20.3 Å². The van der Waals surface area contributed by atoms with Crippen molar-refractivity contribution in [3.05, 3.63) is 0 Å². The van der Waals surface area contributed by atoms with Crippen LogP contribution in [0.4, 0.5) is 0 Å². The van der Waals surface area contributed by atoms with Crippen molar-refractivity contribution in [1.29, 1.82) is 5.53 Å². The number of rotatable bonds is 4. The smallest absolute Gasteiger partial charge is 0.412 e. The summed E-state index contributed by atoms with van der Waals surface area (Å²) in [6.45, 7) is 9.91. The first-order valence-corrected chi connectivity index (χ1v) is 23.3. The van der Waals surface area contributed by atoms with Gasteiger partial charge in [0, 0.05) is 6.04 Å². The van der Waals surface area contributed by atoms with Gasteiger partial charge >= 0.3 is 35.7 Å². The molecule has 15 nitrogen and oxygen atoms in total. The van der Waals surface area contributed by atoms with Gasteiger partial charge in [0.15, 0.2) is 5.22 Å². The molecule has 4 aliphatic heterocycles. The van der Waals surface area contributed by atoms with Gasteiger partial charge in [-0.25, -0.2) is 0 Å². The van der Waals surface area contributed by atoms with Gasteiger partial charge in [0.05, 0.1) is 0 Å². The molecule has 4 heterocycles. The van der Waals surface area contributed by atoms with Crippen LogP contribution in [0, 0.1) is 5.53 Å². The second-order valence-corrected chi connectivity index (χ2v) is 27.7. The molecule has 33 heavy (non-hydrogen) atoms. The zero-order valence-corrected chi connectivity index (χ0v) is 25.1. The minimum Gasteiger partial charge on any atom is -0.412 e. The van der Waals surface area contributed by atoms with Crippen LogP contribution in [0.5, 0.6) is 0 Å². The molecule has 0 saturated carbocycles. The summed E-state index contributed by atoms with van der Waals surface area (Å²) in [5.41, 5.74) is 6.82.